The van der Waals surface area contributed by atoms with Gasteiger partial charge in [-0.3, -0.25) is 19.2 Å². The molecule has 1 amide bonds. The Labute approximate surface area is 236 Å². The number of anilines is 1. The van der Waals surface area contributed by atoms with Crippen molar-refractivity contribution in [1.82, 2.24) is 29.5 Å². The summed E-state index contributed by atoms with van der Waals surface area (Å²) in [6, 6.07) is 17.8. The number of carbonyl (C=O) groups excluding carboxylic acids is 1. The molecular formula is C31H28N8O2. The van der Waals surface area contributed by atoms with Crippen molar-refractivity contribution in [3.63, 3.8) is 0 Å². The zero-order valence-corrected chi connectivity index (χ0v) is 22.9. The maximum atomic E-state index is 14.2. The van der Waals surface area contributed by atoms with Gasteiger partial charge in [-0.2, -0.15) is 5.10 Å². The number of allylic oxidation sites excluding steroid dienone is 1. The first-order valence-electron chi connectivity index (χ1n) is 12.8. The molecule has 3 heterocycles. The summed E-state index contributed by atoms with van der Waals surface area (Å²) in [4.78, 5) is 31.9. The Morgan fingerprint density at radius 2 is 1.98 bits per heavy atom. The first-order chi connectivity index (χ1) is 19.8. The van der Waals surface area contributed by atoms with E-state index in [4.69, 9.17) is 5.73 Å². The molecule has 41 heavy (non-hydrogen) atoms. The molecule has 0 unspecified atom stereocenters. The number of carbonyl (C=O) groups is 1. The molecule has 3 aromatic heterocycles. The predicted molar refractivity (Wildman–Crippen MR) is 161 cm³/mol. The molecule has 0 aliphatic carbocycles. The van der Waals surface area contributed by atoms with Crippen LogP contribution in [0.2, 0.25) is 0 Å². The van der Waals surface area contributed by atoms with E-state index in [0.717, 1.165) is 5.57 Å². The lowest BCUT2D eigenvalue weighted by atomic mass is 10.0. The van der Waals surface area contributed by atoms with Crippen LogP contribution < -0.4 is 16.6 Å². The Bertz CT molecular complexity index is 1940. The van der Waals surface area contributed by atoms with Gasteiger partial charge in [-0.25, -0.2) is 9.50 Å². The van der Waals surface area contributed by atoms with Crippen molar-refractivity contribution in [2.45, 2.75) is 19.9 Å². The lowest BCUT2D eigenvalue weighted by Gasteiger charge is -2.21. The van der Waals surface area contributed by atoms with E-state index >= 15 is 0 Å². The molecule has 0 spiro atoms. The Morgan fingerprint density at radius 1 is 1.20 bits per heavy atom. The fraction of sp³-hybridized carbons (Fsp3) is 0.129. The number of pyridine rings is 1. The third-order valence-corrected chi connectivity index (χ3v) is 6.53. The quantitative estimate of drug-likeness (QED) is 0.190. The number of hydrogen-bond acceptors (Lipinski definition) is 7. The summed E-state index contributed by atoms with van der Waals surface area (Å²) in [6.07, 6.45) is 4.99. The van der Waals surface area contributed by atoms with Crippen LogP contribution in [0.5, 0.6) is 0 Å². The molecule has 0 fully saturated rings. The van der Waals surface area contributed by atoms with E-state index in [9.17, 15) is 9.59 Å². The topological polar surface area (TPSA) is 123 Å². The lowest BCUT2D eigenvalue weighted by molar-refractivity contribution is 0.0941. The average Bonchev–Trinajstić information content (AvgIpc) is 3.31. The third-order valence-electron chi connectivity index (χ3n) is 6.53. The maximum absolute atomic E-state index is 14.2. The first-order valence-corrected chi connectivity index (χ1v) is 12.8. The fourth-order valence-electron chi connectivity index (χ4n) is 4.63. The Hall–Kier alpha value is -5.69. The number of nitrogen functional groups attached to an aromatic ring is 1. The minimum atomic E-state index is -0.584. The standard InChI is InChI=1S/C31H28N8O2/c1-20(19-37(4)33-3)14-15-22-10-8-11-23-18-25(39(31(41)26(22)23)24-12-6-5-7-13-24)21(2)35-30(40)27-28(32)36-38-17-9-16-34-29(27)38/h5-13,16-19,21H,3H2,1-2,4H3,(H2,32,36)(H,35,40)/b20-19+/t21-/m0/s1. The molecule has 1 atom stereocenters. The first kappa shape index (κ1) is 26.9. The van der Waals surface area contributed by atoms with Crippen LogP contribution in [0.3, 0.4) is 0 Å². The molecule has 0 radical (unpaired) electrons. The van der Waals surface area contributed by atoms with Gasteiger partial charge in [0.15, 0.2) is 11.5 Å². The Morgan fingerprint density at radius 3 is 2.73 bits per heavy atom. The summed E-state index contributed by atoms with van der Waals surface area (Å²) in [7, 11) is 1.76. The van der Waals surface area contributed by atoms with Gasteiger partial charge in [0.2, 0.25) is 0 Å². The number of rotatable bonds is 6. The molecule has 5 aromatic rings. The third kappa shape index (κ3) is 5.29. The molecule has 5 rings (SSSR count). The van der Waals surface area contributed by atoms with E-state index in [1.807, 2.05) is 68.4 Å². The highest BCUT2D eigenvalue weighted by Gasteiger charge is 2.23. The van der Waals surface area contributed by atoms with Crippen molar-refractivity contribution >= 4 is 34.9 Å². The smallest absolute Gasteiger partial charge is 0.264 e. The molecule has 3 N–H and O–H groups in total. The summed E-state index contributed by atoms with van der Waals surface area (Å²) in [5.41, 5.74) is 8.93. The van der Waals surface area contributed by atoms with Gasteiger partial charge in [0.25, 0.3) is 11.5 Å². The normalized spacial score (nSPS) is 12.0. The largest absolute Gasteiger partial charge is 0.381 e. The van der Waals surface area contributed by atoms with E-state index < -0.39 is 11.9 Å². The number of hydrogen-bond donors (Lipinski definition) is 2. The van der Waals surface area contributed by atoms with E-state index in [-0.39, 0.29) is 16.9 Å². The molecule has 2 aromatic carbocycles. The van der Waals surface area contributed by atoms with Gasteiger partial charge >= 0.3 is 0 Å². The van der Waals surface area contributed by atoms with Gasteiger partial charge < -0.3 is 11.1 Å². The second kappa shape index (κ2) is 11.2. The molecule has 0 aliphatic rings. The number of hydrazone groups is 1. The highest BCUT2D eigenvalue weighted by Crippen LogP contribution is 2.24. The molecule has 0 saturated carbocycles. The number of nitrogens with one attached hydrogen (secondary N) is 1. The summed E-state index contributed by atoms with van der Waals surface area (Å²) in [5, 5.41) is 13.7. The van der Waals surface area contributed by atoms with Gasteiger partial charge in [0.1, 0.15) is 5.56 Å². The average molecular weight is 545 g/mol. The summed E-state index contributed by atoms with van der Waals surface area (Å²) >= 11 is 0. The Balaban J connectivity index is 1.63. The molecule has 204 valence electrons. The zero-order valence-electron chi connectivity index (χ0n) is 22.9. The van der Waals surface area contributed by atoms with Crippen molar-refractivity contribution in [3.05, 3.63) is 112 Å². The predicted octanol–water partition coefficient (Wildman–Crippen LogP) is 3.91. The van der Waals surface area contributed by atoms with Gasteiger partial charge in [0.05, 0.1) is 11.4 Å². The van der Waals surface area contributed by atoms with Crippen molar-refractivity contribution in [2.24, 2.45) is 5.10 Å². The number of aromatic nitrogens is 4. The molecule has 10 nitrogen and oxygen atoms in total. The molecular weight excluding hydrogens is 516 g/mol. The monoisotopic (exact) mass is 544 g/mol. The SMILES string of the molecule is C=NN(C)/C=C(\C)C#Cc1cccc2cc([C@H](C)NC(=O)c3c(N)nn4cccnc34)n(-c3ccccc3)c(=O)c12. The van der Waals surface area contributed by atoms with Gasteiger partial charge in [-0.15, -0.1) is 5.10 Å². The van der Waals surface area contributed by atoms with E-state index in [1.54, 1.807) is 41.3 Å². The molecule has 0 bridgehead atoms. The summed E-state index contributed by atoms with van der Waals surface area (Å²) in [5.74, 6) is 5.85. The minimum Gasteiger partial charge on any atom is -0.381 e. The van der Waals surface area contributed by atoms with Crippen LogP contribution in [0, 0.1) is 11.8 Å². The molecule has 0 aliphatic heterocycles. The highest BCUT2D eigenvalue weighted by atomic mass is 16.2. The van der Waals surface area contributed by atoms with Crippen LogP contribution in [0.1, 0.15) is 41.5 Å². The molecule has 0 saturated heterocycles. The summed E-state index contributed by atoms with van der Waals surface area (Å²) < 4.78 is 3.06. The van der Waals surface area contributed by atoms with Crippen molar-refractivity contribution in [1.29, 1.82) is 0 Å². The van der Waals surface area contributed by atoms with Crippen LogP contribution in [-0.2, 0) is 0 Å². The van der Waals surface area contributed by atoms with E-state index in [1.165, 1.54) is 4.52 Å². The minimum absolute atomic E-state index is 0.0648. The van der Waals surface area contributed by atoms with E-state index in [2.05, 4.69) is 39.1 Å². The number of para-hydroxylation sites is 1. The lowest BCUT2D eigenvalue weighted by Crippen LogP contribution is -2.32. The van der Waals surface area contributed by atoms with Crippen LogP contribution in [0.15, 0.2) is 94.7 Å². The highest BCUT2D eigenvalue weighted by molar-refractivity contribution is 6.04. The van der Waals surface area contributed by atoms with Crippen molar-refractivity contribution < 1.29 is 4.79 Å². The summed E-state index contributed by atoms with van der Waals surface area (Å²) in [6.45, 7) is 7.17. The van der Waals surface area contributed by atoms with Crippen molar-refractivity contribution in [2.75, 3.05) is 12.8 Å². The fourth-order valence-corrected chi connectivity index (χ4v) is 4.63. The van der Waals surface area contributed by atoms with E-state index in [0.29, 0.717) is 33.4 Å². The maximum Gasteiger partial charge on any atom is 0.264 e. The van der Waals surface area contributed by atoms with Crippen molar-refractivity contribution in [3.8, 4) is 17.5 Å². The van der Waals surface area contributed by atoms with Crippen LogP contribution in [-0.4, -0.2) is 43.8 Å². The number of benzene rings is 2. The zero-order chi connectivity index (χ0) is 29.1. The number of fused-ring (bicyclic) bond motifs is 2. The second-order valence-electron chi connectivity index (χ2n) is 9.44. The van der Waals surface area contributed by atoms with Crippen LogP contribution in [0.25, 0.3) is 22.1 Å². The number of nitrogens with zero attached hydrogens (tertiary/aromatic N) is 6. The van der Waals surface area contributed by atoms with Crippen LogP contribution >= 0.6 is 0 Å². The van der Waals surface area contributed by atoms with Gasteiger partial charge in [0, 0.05) is 54.9 Å². The second-order valence-corrected chi connectivity index (χ2v) is 9.44. The number of nitrogens with two attached hydrogens (primary N) is 1. The van der Waals surface area contributed by atoms with Gasteiger partial charge in [-0.1, -0.05) is 42.2 Å². The number of amides is 1. The Kier molecular flexibility index (Phi) is 7.35. The van der Waals surface area contributed by atoms with Crippen LogP contribution in [0.4, 0.5) is 5.82 Å². The molecule has 10 heteroatoms. The van der Waals surface area contributed by atoms with Gasteiger partial charge in [-0.05, 0) is 49.6 Å².